The fourth-order valence-corrected chi connectivity index (χ4v) is 4.93. The van der Waals surface area contributed by atoms with E-state index < -0.39 is 0 Å². The lowest BCUT2D eigenvalue weighted by molar-refractivity contribution is 0.875. The van der Waals surface area contributed by atoms with Crippen LogP contribution in [-0.4, -0.2) is 9.78 Å². The van der Waals surface area contributed by atoms with E-state index in [0.29, 0.717) is 0 Å². The van der Waals surface area contributed by atoms with Gasteiger partial charge in [0.15, 0.2) is 0 Å². The summed E-state index contributed by atoms with van der Waals surface area (Å²) >= 11 is 0. The molecule has 1 aromatic heterocycles. The Morgan fingerprint density at radius 1 is 0.462 bits per heavy atom. The third-order valence-corrected chi connectivity index (χ3v) is 6.74. The fourth-order valence-electron chi connectivity index (χ4n) is 4.93. The van der Waals surface area contributed by atoms with Crippen LogP contribution in [0.3, 0.4) is 0 Å². The van der Waals surface area contributed by atoms with Crippen LogP contribution in [0, 0.1) is 0 Å². The molecule has 0 saturated heterocycles. The average molecular weight is 501 g/mol. The van der Waals surface area contributed by atoms with Gasteiger partial charge in [-0.3, -0.25) is 0 Å². The minimum atomic E-state index is 1.04. The molecule has 0 saturated carbocycles. The Morgan fingerprint density at radius 3 is 1.31 bits per heavy atom. The highest BCUT2D eigenvalue weighted by molar-refractivity contribution is 6.00. The normalized spacial score (nSPS) is 11.9. The predicted molar refractivity (Wildman–Crippen MR) is 163 cm³/mol. The van der Waals surface area contributed by atoms with Crippen molar-refractivity contribution in [2.24, 2.45) is 0 Å². The molecule has 0 radical (unpaired) electrons. The van der Waals surface area contributed by atoms with Crippen LogP contribution in [0.15, 0.2) is 158 Å². The standard InChI is InChI=1S/C37H28N2/c1-5-15-29(16-6-1)27-35(31-19-9-3-10-20-31)33-23-13-24-34(37(33)39-26-14-25-38-39)36(32-21-11-4-12-22-32)28-30-17-7-2-8-18-30/h1-28H/b35-27+,36-28+. The van der Waals surface area contributed by atoms with Gasteiger partial charge in [0.05, 0.1) is 5.69 Å². The third-order valence-electron chi connectivity index (χ3n) is 6.74. The highest BCUT2D eigenvalue weighted by Crippen LogP contribution is 2.37. The van der Waals surface area contributed by atoms with E-state index in [1.165, 1.54) is 0 Å². The number of para-hydroxylation sites is 1. The Kier molecular flexibility index (Phi) is 7.09. The van der Waals surface area contributed by atoms with E-state index in [2.05, 4.69) is 152 Å². The molecule has 1 heterocycles. The summed E-state index contributed by atoms with van der Waals surface area (Å²) in [5, 5.41) is 4.74. The Morgan fingerprint density at radius 2 is 0.897 bits per heavy atom. The third kappa shape index (κ3) is 5.41. The van der Waals surface area contributed by atoms with E-state index in [0.717, 1.165) is 50.2 Å². The summed E-state index contributed by atoms with van der Waals surface area (Å²) in [6, 6.07) is 50.7. The van der Waals surface area contributed by atoms with E-state index in [1.54, 1.807) is 0 Å². The first kappa shape index (κ1) is 24.1. The van der Waals surface area contributed by atoms with Gasteiger partial charge in [-0.2, -0.15) is 5.10 Å². The summed E-state index contributed by atoms with van der Waals surface area (Å²) in [5.74, 6) is 0. The first-order chi connectivity index (χ1) is 19.4. The molecule has 0 aliphatic carbocycles. The first-order valence-electron chi connectivity index (χ1n) is 13.1. The molecule has 0 unspecified atom stereocenters. The lowest BCUT2D eigenvalue weighted by atomic mass is 9.88. The van der Waals surface area contributed by atoms with Crippen LogP contribution in [0.1, 0.15) is 33.4 Å². The number of hydrogen-bond acceptors (Lipinski definition) is 1. The van der Waals surface area contributed by atoms with Crippen molar-refractivity contribution in [2.45, 2.75) is 0 Å². The van der Waals surface area contributed by atoms with Crippen molar-refractivity contribution in [1.82, 2.24) is 9.78 Å². The van der Waals surface area contributed by atoms with Crippen molar-refractivity contribution >= 4 is 23.3 Å². The molecule has 0 atom stereocenters. The zero-order chi connectivity index (χ0) is 26.3. The summed E-state index contributed by atoms with van der Waals surface area (Å²) in [7, 11) is 0. The number of rotatable bonds is 7. The molecule has 0 spiro atoms. The highest BCUT2D eigenvalue weighted by Gasteiger charge is 2.19. The van der Waals surface area contributed by atoms with Crippen molar-refractivity contribution in [3.8, 4) is 5.69 Å². The Labute approximate surface area is 229 Å². The molecule has 0 aliphatic rings. The van der Waals surface area contributed by atoms with Crippen molar-refractivity contribution in [1.29, 1.82) is 0 Å². The van der Waals surface area contributed by atoms with Gasteiger partial charge in [0.1, 0.15) is 0 Å². The van der Waals surface area contributed by atoms with Gasteiger partial charge in [-0.15, -0.1) is 0 Å². The van der Waals surface area contributed by atoms with E-state index in [1.807, 2.05) is 23.1 Å². The van der Waals surface area contributed by atoms with Crippen molar-refractivity contribution in [3.05, 3.63) is 191 Å². The number of nitrogens with zero attached hydrogens (tertiary/aromatic N) is 2. The molecule has 186 valence electrons. The summed E-state index contributed by atoms with van der Waals surface area (Å²) in [6.45, 7) is 0. The fraction of sp³-hybridized carbons (Fsp3) is 0. The molecular formula is C37H28N2. The molecule has 0 N–H and O–H groups in total. The molecular weight excluding hydrogens is 472 g/mol. The minimum Gasteiger partial charge on any atom is -0.240 e. The summed E-state index contributed by atoms with van der Waals surface area (Å²) in [5.41, 5.74) is 10.2. The second-order valence-corrected chi connectivity index (χ2v) is 9.32. The minimum absolute atomic E-state index is 1.04. The maximum absolute atomic E-state index is 4.74. The van der Waals surface area contributed by atoms with Gasteiger partial charge in [-0.05, 0) is 51.6 Å². The van der Waals surface area contributed by atoms with Crippen LogP contribution in [0.25, 0.3) is 29.0 Å². The molecule has 5 aromatic carbocycles. The van der Waals surface area contributed by atoms with Crippen LogP contribution >= 0.6 is 0 Å². The number of aromatic nitrogens is 2. The molecule has 0 amide bonds. The Bertz CT molecular complexity index is 1590. The van der Waals surface area contributed by atoms with E-state index >= 15 is 0 Å². The molecule has 6 rings (SSSR count). The lowest BCUT2D eigenvalue weighted by Gasteiger charge is -2.20. The monoisotopic (exact) mass is 500 g/mol. The van der Waals surface area contributed by atoms with Crippen molar-refractivity contribution in [2.75, 3.05) is 0 Å². The van der Waals surface area contributed by atoms with Crippen LogP contribution in [0.5, 0.6) is 0 Å². The Hall–Kier alpha value is -5.21. The quantitative estimate of drug-likeness (QED) is 0.200. The predicted octanol–water partition coefficient (Wildman–Crippen LogP) is 9.05. The largest absolute Gasteiger partial charge is 0.240 e. The summed E-state index contributed by atoms with van der Waals surface area (Å²) < 4.78 is 1.99. The molecule has 2 nitrogen and oxygen atoms in total. The molecule has 0 aliphatic heterocycles. The zero-order valence-electron chi connectivity index (χ0n) is 21.6. The topological polar surface area (TPSA) is 17.8 Å². The molecule has 6 aromatic rings. The van der Waals surface area contributed by atoms with Gasteiger partial charge in [0.25, 0.3) is 0 Å². The van der Waals surface area contributed by atoms with Gasteiger partial charge in [0, 0.05) is 23.5 Å². The van der Waals surface area contributed by atoms with E-state index in [4.69, 9.17) is 5.10 Å². The lowest BCUT2D eigenvalue weighted by Crippen LogP contribution is -2.06. The summed E-state index contributed by atoms with van der Waals surface area (Å²) in [6.07, 6.45) is 8.40. The maximum atomic E-state index is 4.74. The van der Waals surface area contributed by atoms with Crippen LogP contribution < -0.4 is 0 Å². The van der Waals surface area contributed by atoms with Gasteiger partial charge in [-0.25, -0.2) is 4.68 Å². The van der Waals surface area contributed by atoms with Crippen LogP contribution in [0.4, 0.5) is 0 Å². The van der Waals surface area contributed by atoms with Gasteiger partial charge >= 0.3 is 0 Å². The number of benzene rings is 5. The first-order valence-corrected chi connectivity index (χ1v) is 13.1. The smallest absolute Gasteiger partial charge is 0.0802 e. The molecule has 39 heavy (non-hydrogen) atoms. The van der Waals surface area contributed by atoms with Crippen LogP contribution in [-0.2, 0) is 0 Å². The summed E-state index contributed by atoms with van der Waals surface area (Å²) in [4.78, 5) is 0. The molecule has 2 heteroatoms. The maximum Gasteiger partial charge on any atom is 0.0802 e. The molecule has 0 bridgehead atoms. The second kappa shape index (κ2) is 11.5. The van der Waals surface area contributed by atoms with Gasteiger partial charge in [0.2, 0.25) is 0 Å². The van der Waals surface area contributed by atoms with E-state index in [-0.39, 0.29) is 0 Å². The van der Waals surface area contributed by atoms with Crippen molar-refractivity contribution in [3.63, 3.8) is 0 Å². The Balaban J connectivity index is 1.65. The zero-order valence-corrected chi connectivity index (χ0v) is 21.6. The number of hydrogen-bond donors (Lipinski definition) is 0. The van der Waals surface area contributed by atoms with Crippen molar-refractivity contribution < 1.29 is 0 Å². The van der Waals surface area contributed by atoms with E-state index in [9.17, 15) is 0 Å². The second-order valence-electron chi connectivity index (χ2n) is 9.32. The van der Waals surface area contributed by atoms with Crippen LogP contribution in [0.2, 0.25) is 0 Å². The van der Waals surface area contributed by atoms with Gasteiger partial charge < -0.3 is 0 Å². The highest BCUT2D eigenvalue weighted by atomic mass is 15.3. The SMILES string of the molecule is C(=C(/c1ccccc1)c1cccc(/C(=C/c2ccccc2)c2ccccc2)c1-n1cccn1)/c1ccccc1. The molecule has 0 fully saturated rings. The average Bonchev–Trinajstić information content (AvgIpc) is 3.55. The van der Waals surface area contributed by atoms with Gasteiger partial charge in [-0.1, -0.05) is 140 Å².